The summed E-state index contributed by atoms with van der Waals surface area (Å²) in [7, 11) is 0. The predicted octanol–water partition coefficient (Wildman–Crippen LogP) is 1.42. The molecule has 0 spiro atoms. The van der Waals surface area contributed by atoms with Gasteiger partial charge in [0.1, 0.15) is 17.7 Å². The summed E-state index contributed by atoms with van der Waals surface area (Å²) >= 11 is 0. The van der Waals surface area contributed by atoms with E-state index in [1.807, 2.05) is 0 Å². The molecule has 1 N–H and O–H groups in total. The van der Waals surface area contributed by atoms with Gasteiger partial charge >= 0.3 is 6.03 Å². The molecule has 21 heavy (non-hydrogen) atoms. The van der Waals surface area contributed by atoms with Crippen molar-refractivity contribution in [1.82, 2.24) is 9.80 Å². The number of rotatable bonds is 3. The van der Waals surface area contributed by atoms with E-state index in [0.717, 1.165) is 23.5 Å². The fourth-order valence-corrected chi connectivity index (χ4v) is 2.89. The van der Waals surface area contributed by atoms with E-state index in [1.165, 1.54) is 4.90 Å². The molecule has 2 aliphatic heterocycles. The summed E-state index contributed by atoms with van der Waals surface area (Å²) in [6, 6.07) is 1.88. The minimum absolute atomic E-state index is 0.135. The molecule has 5 nitrogen and oxygen atoms in total. The molecule has 7 heteroatoms. The van der Waals surface area contributed by atoms with E-state index >= 15 is 0 Å². The van der Waals surface area contributed by atoms with Crippen molar-refractivity contribution in [2.45, 2.75) is 25.0 Å². The van der Waals surface area contributed by atoms with Crippen LogP contribution in [0.25, 0.3) is 0 Å². The second kappa shape index (κ2) is 5.07. The maximum absolute atomic E-state index is 13.6. The zero-order valence-electron chi connectivity index (χ0n) is 11.1. The number of nitrogens with zero attached hydrogens (tertiary/aromatic N) is 2. The highest BCUT2D eigenvalue weighted by Gasteiger charge is 2.47. The van der Waals surface area contributed by atoms with Crippen LogP contribution in [0.4, 0.5) is 13.6 Å². The van der Waals surface area contributed by atoms with E-state index in [9.17, 15) is 23.5 Å². The quantitative estimate of drug-likeness (QED) is 0.858. The lowest BCUT2D eigenvalue weighted by molar-refractivity contribution is -0.129. The lowest BCUT2D eigenvalue weighted by atomic mass is 10.1. The van der Waals surface area contributed by atoms with Gasteiger partial charge in [-0.25, -0.2) is 13.6 Å². The first-order valence-electron chi connectivity index (χ1n) is 6.74. The Labute approximate surface area is 119 Å². The predicted molar refractivity (Wildman–Crippen MR) is 68.2 cm³/mol. The smallest absolute Gasteiger partial charge is 0.327 e. The van der Waals surface area contributed by atoms with Crippen LogP contribution in [-0.2, 0) is 4.79 Å². The molecule has 0 bridgehead atoms. The van der Waals surface area contributed by atoms with E-state index in [-0.39, 0.29) is 18.0 Å². The molecule has 3 rings (SSSR count). The second-order valence-corrected chi connectivity index (χ2v) is 5.26. The molecule has 2 heterocycles. The Morgan fingerprint density at radius 2 is 2.10 bits per heavy atom. The van der Waals surface area contributed by atoms with Gasteiger partial charge in [0.2, 0.25) is 0 Å². The van der Waals surface area contributed by atoms with Crippen molar-refractivity contribution in [3.63, 3.8) is 0 Å². The number of halogens is 2. The number of carbonyl (C=O) groups excluding carboxylic acids is 2. The maximum atomic E-state index is 13.6. The van der Waals surface area contributed by atoms with Crippen LogP contribution >= 0.6 is 0 Å². The number of carbonyl (C=O) groups is 2. The molecule has 0 saturated carbocycles. The third-order valence-electron chi connectivity index (χ3n) is 3.96. The van der Waals surface area contributed by atoms with Crippen LogP contribution in [-0.4, -0.2) is 46.0 Å². The molecule has 2 saturated heterocycles. The number of β-amino-alcohol motifs (C(OH)–C–C–N with tert-alkyl or cyclic N) is 1. The van der Waals surface area contributed by atoms with E-state index < -0.39 is 29.8 Å². The average molecular weight is 296 g/mol. The highest BCUT2D eigenvalue weighted by molar-refractivity contribution is 6.04. The minimum atomic E-state index is -1.38. The van der Waals surface area contributed by atoms with Crippen molar-refractivity contribution in [3.8, 4) is 0 Å². The third-order valence-corrected chi connectivity index (χ3v) is 3.96. The van der Waals surface area contributed by atoms with Crippen molar-refractivity contribution < 1.29 is 23.5 Å². The zero-order valence-corrected chi connectivity index (χ0v) is 11.1. The first-order chi connectivity index (χ1) is 9.99. The minimum Gasteiger partial charge on any atom is -0.386 e. The number of urea groups is 1. The molecule has 1 aromatic rings. The van der Waals surface area contributed by atoms with Crippen LogP contribution < -0.4 is 0 Å². The lowest BCUT2D eigenvalue weighted by Crippen LogP contribution is -2.36. The van der Waals surface area contributed by atoms with Crippen LogP contribution in [0.2, 0.25) is 0 Å². The van der Waals surface area contributed by atoms with Gasteiger partial charge in [-0.05, 0) is 18.9 Å². The van der Waals surface area contributed by atoms with Gasteiger partial charge in [-0.15, -0.1) is 0 Å². The first kappa shape index (κ1) is 13.9. The molecule has 2 aliphatic rings. The molecule has 3 amide bonds. The molecule has 2 unspecified atom stereocenters. The van der Waals surface area contributed by atoms with E-state index in [0.29, 0.717) is 19.0 Å². The van der Waals surface area contributed by atoms with E-state index in [1.54, 1.807) is 0 Å². The molecule has 112 valence electrons. The molecule has 0 aromatic heterocycles. The third kappa shape index (κ3) is 2.27. The maximum Gasteiger partial charge on any atom is 0.327 e. The van der Waals surface area contributed by atoms with Gasteiger partial charge in [0.15, 0.2) is 0 Å². The van der Waals surface area contributed by atoms with E-state index in [4.69, 9.17) is 0 Å². The van der Waals surface area contributed by atoms with Crippen molar-refractivity contribution in [2.75, 3.05) is 13.1 Å². The van der Waals surface area contributed by atoms with Crippen molar-refractivity contribution in [1.29, 1.82) is 0 Å². The number of fused-ring (bicyclic) bond motifs is 1. The molecule has 2 atom stereocenters. The molecular weight excluding hydrogens is 282 g/mol. The van der Waals surface area contributed by atoms with Crippen LogP contribution in [0.1, 0.15) is 24.5 Å². The van der Waals surface area contributed by atoms with Crippen LogP contribution in [0.15, 0.2) is 18.2 Å². The van der Waals surface area contributed by atoms with Crippen LogP contribution in [0, 0.1) is 11.6 Å². The zero-order chi connectivity index (χ0) is 15.1. The summed E-state index contributed by atoms with van der Waals surface area (Å²) in [5.41, 5.74) is -0.135. The number of hydrogen-bond acceptors (Lipinski definition) is 3. The normalized spacial score (nSPS) is 22.9. The van der Waals surface area contributed by atoms with Gasteiger partial charge in [-0.3, -0.25) is 9.69 Å². The summed E-state index contributed by atoms with van der Waals surface area (Å²) < 4.78 is 26.4. The summed E-state index contributed by atoms with van der Waals surface area (Å²) in [6.07, 6.45) is 0.0197. The number of benzene rings is 1. The Morgan fingerprint density at radius 1 is 1.33 bits per heavy atom. The van der Waals surface area contributed by atoms with Crippen LogP contribution in [0.3, 0.4) is 0 Å². The number of amides is 3. The Balaban J connectivity index is 1.77. The van der Waals surface area contributed by atoms with Gasteiger partial charge in [0.05, 0.1) is 12.6 Å². The number of hydrogen-bond donors (Lipinski definition) is 1. The number of imide groups is 1. The Morgan fingerprint density at radius 3 is 2.76 bits per heavy atom. The Hall–Kier alpha value is -2.02. The molecule has 2 fully saturated rings. The summed E-state index contributed by atoms with van der Waals surface area (Å²) in [5, 5.41) is 10.0. The van der Waals surface area contributed by atoms with E-state index in [2.05, 4.69) is 0 Å². The molecule has 0 radical (unpaired) electrons. The summed E-state index contributed by atoms with van der Waals surface area (Å²) in [5.74, 6) is -2.02. The van der Waals surface area contributed by atoms with Gasteiger partial charge < -0.3 is 10.0 Å². The fraction of sp³-hybridized carbons (Fsp3) is 0.429. The van der Waals surface area contributed by atoms with Gasteiger partial charge in [-0.1, -0.05) is 6.07 Å². The molecular formula is C14H14F2N2O3. The second-order valence-electron chi connectivity index (χ2n) is 5.26. The Bertz CT molecular complexity index is 586. The highest BCUT2D eigenvalue weighted by atomic mass is 19.1. The highest BCUT2D eigenvalue weighted by Crippen LogP contribution is 2.29. The van der Waals surface area contributed by atoms with Crippen molar-refractivity contribution >= 4 is 11.9 Å². The van der Waals surface area contributed by atoms with Crippen molar-refractivity contribution in [2.24, 2.45) is 0 Å². The fourth-order valence-electron chi connectivity index (χ4n) is 2.89. The summed E-state index contributed by atoms with van der Waals surface area (Å²) in [6.45, 7) is 0.194. The van der Waals surface area contributed by atoms with Gasteiger partial charge in [0.25, 0.3) is 5.91 Å². The largest absolute Gasteiger partial charge is 0.386 e. The SMILES string of the molecule is O=C1C2CCCN2C(=O)N1CC(O)c1ccc(F)cc1F. The van der Waals surface area contributed by atoms with Crippen LogP contribution in [0.5, 0.6) is 0 Å². The number of aliphatic hydroxyl groups is 1. The van der Waals surface area contributed by atoms with Gasteiger partial charge in [0, 0.05) is 18.2 Å². The monoisotopic (exact) mass is 296 g/mol. The molecule has 0 aliphatic carbocycles. The topological polar surface area (TPSA) is 60.9 Å². The molecule has 1 aromatic carbocycles. The Kier molecular flexibility index (Phi) is 3.36. The first-order valence-corrected chi connectivity index (χ1v) is 6.74. The summed E-state index contributed by atoms with van der Waals surface area (Å²) in [4.78, 5) is 26.6. The number of aliphatic hydroxyl groups excluding tert-OH is 1. The van der Waals surface area contributed by atoms with Gasteiger partial charge in [-0.2, -0.15) is 0 Å². The lowest BCUT2D eigenvalue weighted by Gasteiger charge is -2.19. The standard InChI is InChI=1S/C14H14F2N2O3/c15-8-3-4-9(10(16)6-8)12(19)7-18-13(20)11-2-1-5-17(11)14(18)21/h3-4,6,11-12,19H,1-2,5,7H2. The average Bonchev–Trinajstić information content (AvgIpc) is 2.99. The van der Waals surface area contributed by atoms with Crippen molar-refractivity contribution in [3.05, 3.63) is 35.4 Å².